The number of aryl methyl sites for hydroxylation is 1. The molecular formula is C15H16N4O2. The van der Waals surface area contributed by atoms with E-state index in [0.29, 0.717) is 12.2 Å². The summed E-state index contributed by atoms with van der Waals surface area (Å²) in [4.78, 5) is 31.0. The summed E-state index contributed by atoms with van der Waals surface area (Å²) in [7, 11) is 0. The number of terminal acetylenes is 2. The van der Waals surface area contributed by atoms with Gasteiger partial charge in [-0.15, -0.1) is 6.42 Å². The molecule has 0 atom stereocenters. The van der Waals surface area contributed by atoms with E-state index in [4.69, 9.17) is 12.8 Å². The Hall–Kier alpha value is -2.73. The van der Waals surface area contributed by atoms with Gasteiger partial charge in [0.1, 0.15) is 5.82 Å². The van der Waals surface area contributed by atoms with Crippen LogP contribution in [0.3, 0.4) is 0 Å². The van der Waals surface area contributed by atoms with E-state index in [2.05, 4.69) is 28.9 Å². The molecule has 0 saturated carbocycles. The number of imidazole rings is 1. The van der Waals surface area contributed by atoms with Gasteiger partial charge in [-0.05, 0) is 6.42 Å². The fourth-order valence-corrected chi connectivity index (χ4v) is 2.21. The highest BCUT2D eigenvalue weighted by molar-refractivity contribution is 5.71. The van der Waals surface area contributed by atoms with Gasteiger partial charge in [0, 0.05) is 12.5 Å². The summed E-state index contributed by atoms with van der Waals surface area (Å²) in [5.41, 5.74) is -0.687. The molecule has 0 aliphatic heterocycles. The van der Waals surface area contributed by atoms with Crippen LogP contribution >= 0.6 is 0 Å². The number of unbranched alkanes of at least 4 members (excludes halogenated alkanes) is 2. The molecule has 2 aromatic rings. The number of nitrogens with zero attached hydrogens (tertiary/aromatic N) is 3. The Morgan fingerprint density at radius 2 is 2.05 bits per heavy atom. The van der Waals surface area contributed by atoms with Crippen LogP contribution in [0.15, 0.2) is 9.59 Å². The molecule has 0 spiro atoms. The number of hydrogen-bond donors (Lipinski definition) is 1. The van der Waals surface area contributed by atoms with Gasteiger partial charge in [0.2, 0.25) is 0 Å². The first-order valence-electron chi connectivity index (χ1n) is 6.78. The van der Waals surface area contributed by atoms with Gasteiger partial charge in [0.15, 0.2) is 11.2 Å². The maximum Gasteiger partial charge on any atom is 0.330 e. The first-order valence-corrected chi connectivity index (χ1v) is 6.78. The zero-order valence-corrected chi connectivity index (χ0v) is 11.8. The molecular weight excluding hydrogens is 268 g/mol. The fourth-order valence-electron chi connectivity index (χ4n) is 2.21. The lowest BCUT2D eigenvalue weighted by atomic mass is 10.2. The van der Waals surface area contributed by atoms with Gasteiger partial charge in [0.05, 0.1) is 6.54 Å². The van der Waals surface area contributed by atoms with Crippen molar-refractivity contribution in [3.05, 3.63) is 26.7 Å². The Morgan fingerprint density at radius 3 is 2.67 bits per heavy atom. The molecule has 2 aromatic heterocycles. The van der Waals surface area contributed by atoms with Gasteiger partial charge < -0.3 is 0 Å². The molecule has 2 heterocycles. The van der Waals surface area contributed by atoms with Gasteiger partial charge in [-0.3, -0.25) is 9.78 Å². The number of rotatable bonds is 5. The van der Waals surface area contributed by atoms with Crippen molar-refractivity contribution in [3.8, 4) is 24.8 Å². The molecule has 6 heteroatoms. The molecule has 108 valence electrons. The third-order valence-electron chi connectivity index (χ3n) is 3.25. The number of H-pyrrole nitrogens is 1. The van der Waals surface area contributed by atoms with Crippen molar-refractivity contribution in [2.45, 2.75) is 39.2 Å². The lowest BCUT2D eigenvalue weighted by Crippen LogP contribution is -2.35. The molecule has 0 radical (unpaired) electrons. The van der Waals surface area contributed by atoms with E-state index < -0.39 is 11.2 Å². The van der Waals surface area contributed by atoms with Crippen molar-refractivity contribution in [2.24, 2.45) is 0 Å². The van der Waals surface area contributed by atoms with Crippen LogP contribution in [0.1, 0.15) is 32.0 Å². The summed E-state index contributed by atoms with van der Waals surface area (Å²) in [6, 6.07) is 2.44. The monoisotopic (exact) mass is 284 g/mol. The lowest BCUT2D eigenvalue weighted by molar-refractivity contribution is 0.690. The summed E-state index contributed by atoms with van der Waals surface area (Å²) in [5.74, 6) is 2.88. The molecule has 0 fully saturated rings. The van der Waals surface area contributed by atoms with Crippen molar-refractivity contribution in [3.63, 3.8) is 0 Å². The van der Waals surface area contributed by atoms with E-state index in [1.807, 2.05) is 0 Å². The summed E-state index contributed by atoms with van der Waals surface area (Å²) in [6.07, 6.45) is 14.4. The second-order valence-electron chi connectivity index (χ2n) is 4.67. The van der Waals surface area contributed by atoms with Crippen molar-refractivity contribution < 1.29 is 0 Å². The second kappa shape index (κ2) is 6.15. The highest BCUT2D eigenvalue weighted by Crippen LogP contribution is 2.11. The third kappa shape index (κ3) is 2.61. The Labute approximate surface area is 121 Å². The molecule has 2 rings (SSSR count). The van der Waals surface area contributed by atoms with Crippen LogP contribution in [0, 0.1) is 24.8 Å². The summed E-state index contributed by atoms with van der Waals surface area (Å²) >= 11 is 0. The van der Waals surface area contributed by atoms with Gasteiger partial charge in [-0.1, -0.05) is 32.1 Å². The minimum atomic E-state index is -0.577. The van der Waals surface area contributed by atoms with Crippen LogP contribution in [0.25, 0.3) is 11.2 Å². The van der Waals surface area contributed by atoms with E-state index in [1.165, 1.54) is 4.57 Å². The van der Waals surface area contributed by atoms with E-state index in [9.17, 15) is 9.59 Å². The van der Waals surface area contributed by atoms with E-state index >= 15 is 0 Å². The van der Waals surface area contributed by atoms with E-state index in [1.54, 1.807) is 0 Å². The molecule has 6 nitrogen and oxygen atoms in total. The minimum Gasteiger partial charge on any atom is -0.290 e. The third-order valence-corrected chi connectivity index (χ3v) is 3.25. The van der Waals surface area contributed by atoms with Crippen molar-refractivity contribution in [1.29, 1.82) is 0 Å². The van der Waals surface area contributed by atoms with E-state index in [0.717, 1.165) is 23.8 Å². The van der Waals surface area contributed by atoms with Crippen LogP contribution in [-0.2, 0) is 13.0 Å². The Bertz CT molecular complexity index is 855. The second-order valence-corrected chi connectivity index (χ2v) is 4.67. The first-order chi connectivity index (χ1) is 10.1. The van der Waals surface area contributed by atoms with Gasteiger partial charge in [-0.25, -0.2) is 18.9 Å². The molecule has 1 N–H and O–H groups in total. The number of aromatic amines is 1. The molecule has 0 unspecified atom stereocenters. The first kappa shape index (κ1) is 14.7. The highest BCUT2D eigenvalue weighted by Gasteiger charge is 2.16. The summed E-state index contributed by atoms with van der Waals surface area (Å²) in [6.45, 7) is 1.99. The van der Waals surface area contributed by atoms with Crippen LogP contribution in [0.5, 0.6) is 0 Å². The predicted octanol–water partition coefficient (Wildman–Crippen LogP) is 0.691. The van der Waals surface area contributed by atoms with Crippen LogP contribution in [-0.4, -0.2) is 19.1 Å². The molecule has 0 bridgehead atoms. The zero-order chi connectivity index (χ0) is 15.4. The van der Waals surface area contributed by atoms with Crippen molar-refractivity contribution >= 4 is 11.2 Å². The smallest absolute Gasteiger partial charge is 0.290 e. The average molecular weight is 284 g/mol. The molecule has 0 saturated heterocycles. The summed E-state index contributed by atoms with van der Waals surface area (Å²) in [5, 5.41) is 0. The van der Waals surface area contributed by atoms with Crippen LogP contribution in [0.2, 0.25) is 0 Å². The highest BCUT2D eigenvalue weighted by atomic mass is 16.2. The maximum absolute atomic E-state index is 12.4. The van der Waals surface area contributed by atoms with Crippen molar-refractivity contribution in [2.75, 3.05) is 0 Å². The lowest BCUT2D eigenvalue weighted by Gasteiger charge is -2.01. The SMILES string of the molecule is C#CCn1c(=O)[nH]c2nc(CCCCC)n(C#C)c2c1=O. The summed E-state index contributed by atoms with van der Waals surface area (Å²) < 4.78 is 2.34. The Balaban J connectivity index is 2.65. The molecule has 0 amide bonds. The largest absolute Gasteiger partial charge is 0.330 e. The maximum atomic E-state index is 12.4. The number of hydrogen-bond acceptors (Lipinski definition) is 3. The number of fused-ring (bicyclic) bond motifs is 1. The fraction of sp³-hybridized carbons (Fsp3) is 0.400. The molecule has 21 heavy (non-hydrogen) atoms. The van der Waals surface area contributed by atoms with E-state index in [-0.39, 0.29) is 17.7 Å². The standard InChI is InChI=1S/C15H16N4O2/c1-4-7-8-9-11-16-13-12(18(11)6-3)14(20)19(10-5-2)15(21)17-13/h2-3H,4,7-10H2,1H3,(H,17,21). The zero-order valence-electron chi connectivity index (χ0n) is 11.8. The van der Waals surface area contributed by atoms with Crippen LogP contribution < -0.4 is 11.2 Å². The molecule has 0 aliphatic carbocycles. The Kier molecular flexibility index (Phi) is 4.30. The van der Waals surface area contributed by atoms with Gasteiger partial charge in [0.25, 0.3) is 5.56 Å². The van der Waals surface area contributed by atoms with Gasteiger partial charge >= 0.3 is 5.69 Å². The normalized spacial score (nSPS) is 10.4. The van der Waals surface area contributed by atoms with Crippen molar-refractivity contribution in [1.82, 2.24) is 19.1 Å². The molecule has 0 aliphatic rings. The van der Waals surface area contributed by atoms with Crippen LogP contribution in [0.4, 0.5) is 0 Å². The number of nitrogens with one attached hydrogen (secondary N) is 1. The predicted molar refractivity (Wildman–Crippen MR) is 80.9 cm³/mol. The topological polar surface area (TPSA) is 72.7 Å². The average Bonchev–Trinajstić information content (AvgIpc) is 2.81. The molecule has 0 aromatic carbocycles. The number of aromatic nitrogens is 4. The van der Waals surface area contributed by atoms with Gasteiger partial charge in [-0.2, -0.15) is 0 Å². The quantitative estimate of drug-likeness (QED) is 0.648. The Morgan fingerprint density at radius 1 is 1.29 bits per heavy atom. The minimum absolute atomic E-state index is 0.106.